The van der Waals surface area contributed by atoms with Crippen LogP contribution < -0.4 is 0 Å². The van der Waals surface area contributed by atoms with Crippen molar-refractivity contribution in [3.8, 4) is 0 Å². The summed E-state index contributed by atoms with van der Waals surface area (Å²) < 4.78 is 1.29. The number of nitrogens with zero attached hydrogens (tertiary/aromatic N) is 2. The van der Waals surface area contributed by atoms with Crippen LogP contribution in [0.25, 0.3) is 0 Å². The predicted molar refractivity (Wildman–Crippen MR) is 28.7 cm³/mol. The first-order valence-electron chi connectivity index (χ1n) is 2.40. The van der Waals surface area contributed by atoms with Gasteiger partial charge in [0.05, 0.1) is 0 Å². The summed E-state index contributed by atoms with van der Waals surface area (Å²) in [6.07, 6.45) is 4.03. The van der Waals surface area contributed by atoms with E-state index in [0.29, 0.717) is 0 Å². The van der Waals surface area contributed by atoms with E-state index in [4.69, 9.17) is 5.11 Å². The van der Waals surface area contributed by atoms with E-state index in [1.54, 1.807) is 12.3 Å². The molecule has 0 fully saturated rings. The van der Waals surface area contributed by atoms with Crippen molar-refractivity contribution in [2.75, 3.05) is 0 Å². The number of carbonyl (C=O) groups is 1. The van der Waals surface area contributed by atoms with Crippen molar-refractivity contribution >= 4 is 5.97 Å². The molecule has 1 radical (unpaired) electrons. The lowest BCUT2D eigenvalue weighted by Crippen LogP contribution is -2.08. The summed E-state index contributed by atoms with van der Waals surface area (Å²) in [6.45, 7) is -0.0938. The molecule has 0 saturated carbocycles. The van der Waals surface area contributed by atoms with Crippen LogP contribution in [0.5, 0.6) is 0 Å². The molecule has 1 N–H and O–H groups in total. The minimum absolute atomic E-state index is 0.0938. The first-order chi connectivity index (χ1) is 4.29. The summed E-state index contributed by atoms with van der Waals surface area (Å²) >= 11 is 0. The van der Waals surface area contributed by atoms with Crippen molar-refractivity contribution in [1.29, 1.82) is 0 Å². The van der Waals surface area contributed by atoms with Crippen molar-refractivity contribution in [3.63, 3.8) is 0 Å². The van der Waals surface area contributed by atoms with Crippen molar-refractivity contribution in [2.45, 2.75) is 6.54 Å². The van der Waals surface area contributed by atoms with Gasteiger partial charge in [-0.05, 0) is 6.07 Å². The highest BCUT2D eigenvalue weighted by molar-refractivity contribution is 5.66. The van der Waals surface area contributed by atoms with Crippen molar-refractivity contribution < 1.29 is 9.90 Å². The van der Waals surface area contributed by atoms with E-state index in [1.165, 1.54) is 4.68 Å². The molecule has 47 valence electrons. The Labute approximate surface area is 51.7 Å². The van der Waals surface area contributed by atoms with E-state index in [0.717, 1.165) is 0 Å². The molecule has 0 aliphatic rings. The monoisotopic (exact) mass is 125 g/mol. The Morgan fingerprint density at radius 1 is 1.89 bits per heavy atom. The zero-order chi connectivity index (χ0) is 6.69. The Morgan fingerprint density at radius 3 is 3.11 bits per heavy atom. The maximum atomic E-state index is 9.99. The third kappa shape index (κ3) is 1.56. The zero-order valence-corrected chi connectivity index (χ0v) is 4.61. The number of hydrogen-bond acceptors (Lipinski definition) is 2. The van der Waals surface area contributed by atoms with Crippen molar-refractivity contribution in [1.82, 2.24) is 9.78 Å². The lowest BCUT2D eigenvalue weighted by atomic mass is 10.6. The summed E-state index contributed by atoms with van der Waals surface area (Å²) in [4.78, 5) is 9.99. The summed E-state index contributed by atoms with van der Waals surface area (Å²) in [5.41, 5.74) is 0. The highest BCUT2D eigenvalue weighted by atomic mass is 16.4. The molecule has 4 nitrogen and oxygen atoms in total. The van der Waals surface area contributed by atoms with E-state index in [2.05, 4.69) is 11.3 Å². The first kappa shape index (κ1) is 5.81. The predicted octanol–water partition coefficient (Wildman–Crippen LogP) is -0.232. The summed E-state index contributed by atoms with van der Waals surface area (Å²) in [7, 11) is 0. The third-order valence-corrected chi connectivity index (χ3v) is 0.805. The largest absolute Gasteiger partial charge is 0.480 e. The molecule has 9 heavy (non-hydrogen) atoms. The van der Waals surface area contributed by atoms with Crippen LogP contribution in [0.3, 0.4) is 0 Å². The SMILES string of the molecule is O=C(O)Cn1cc[c]n1. The molecule has 0 atom stereocenters. The van der Waals surface area contributed by atoms with Crippen LogP contribution in [-0.4, -0.2) is 20.9 Å². The third-order valence-electron chi connectivity index (χ3n) is 0.805. The topological polar surface area (TPSA) is 55.1 Å². The Balaban J connectivity index is 2.58. The Hall–Kier alpha value is -1.32. The maximum absolute atomic E-state index is 9.99. The molecule has 1 aromatic rings. The average Bonchev–Trinajstić information content (AvgIpc) is 2.15. The number of hydrogen-bond donors (Lipinski definition) is 1. The fourth-order valence-electron chi connectivity index (χ4n) is 0.487. The molecule has 4 heteroatoms. The van der Waals surface area contributed by atoms with E-state index in [1.807, 2.05) is 0 Å². The molecule has 0 aromatic carbocycles. The standard InChI is InChI=1S/C5H5N2O2/c8-5(9)4-7-3-1-2-6-7/h1,3H,4H2,(H,8,9). The lowest BCUT2D eigenvalue weighted by molar-refractivity contribution is -0.137. The number of aliphatic carboxylic acids is 1. The summed E-state index contributed by atoms with van der Waals surface area (Å²) in [6, 6.07) is 1.56. The molecule has 0 aliphatic heterocycles. The van der Waals surface area contributed by atoms with Crippen LogP contribution in [0.15, 0.2) is 12.3 Å². The quantitative estimate of drug-likeness (QED) is 0.593. The number of rotatable bonds is 2. The Bertz CT molecular complexity index is 193. The van der Waals surface area contributed by atoms with Gasteiger partial charge in [-0.3, -0.25) is 9.48 Å². The van der Waals surface area contributed by atoms with Gasteiger partial charge in [0.2, 0.25) is 0 Å². The van der Waals surface area contributed by atoms with E-state index < -0.39 is 5.97 Å². The summed E-state index contributed by atoms with van der Waals surface area (Å²) in [5.74, 6) is -0.896. The van der Waals surface area contributed by atoms with Gasteiger partial charge in [0.1, 0.15) is 12.7 Å². The van der Waals surface area contributed by atoms with E-state index in [9.17, 15) is 4.79 Å². The van der Waals surface area contributed by atoms with Gasteiger partial charge in [0, 0.05) is 6.20 Å². The van der Waals surface area contributed by atoms with Gasteiger partial charge in [-0.1, -0.05) is 0 Å². The number of carboxylic acids is 1. The summed E-state index contributed by atoms with van der Waals surface area (Å²) in [5, 5.41) is 11.8. The highest BCUT2D eigenvalue weighted by Crippen LogP contribution is 1.81. The highest BCUT2D eigenvalue weighted by Gasteiger charge is 1.95. The first-order valence-corrected chi connectivity index (χ1v) is 2.40. The fraction of sp³-hybridized carbons (Fsp3) is 0.200. The van der Waals surface area contributed by atoms with E-state index >= 15 is 0 Å². The second-order valence-electron chi connectivity index (χ2n) is 1.54. The number of aromatic nitrogens is 2. The van der Waals surface area contributed by atoms with E-state index in [-0.39, 0.29) is 6.54 Å². The lowest BCUT2D eigenvalue weighted by Gasteiger charge is -1.91. The van der Waals surface area contributed by atoms with Gasteiger partial charge in [0.25, 0.3) is 0 Å². The molecular weight excluding hydrogens is 120 g/mol. The van der Waals surface area contributed by atoms with Crippen LogP contribution >= 0.6 is 0 Å². The van der Waals surface area contributed by atoms with Gasteiger partial charge < -0.3 is 5.11 Å². The normalized spacial score (nSPS) is 9.33. The molecule has 1 aromatic heterocycles. The number of carboxylic acid groups (broad SMARTS) is 1. The second-order valence-corrected chi connectivity index (χ2v) is 1.54. The van der Waals surface area contributed by atoms with Crippen LogP contribution in [-0.2, 0) is 11.3 Å². The van der Waals surface area contributed by atoms with Gasteiger partial charge in [-0.15, -0.1) is 0 Å². The fourth-order valence-corrected chi connectivity index (χ4v) is 0.487. The van der Waals surface area contributed by atoms with Crippen LogP contribution in [0, 0.1) is 6.20 Å². The Morgan fingerprint density at radius 2 is 2.67 bits per heavy atom. The van der Waals surface area contributed by atoms with Gasteiger partial charge in [-0.2, -0.15) is 5.10 Å². The molecule has 0 bridgehead atoms. The molecule has 0 saturated heterocycles. The van der Waals surface area contributed by atoms with Gasteiger partial charge in [-0.25, -0.2) is 0 Å². The average molecular weight is 125 g/mol. The molecule has 0 amide bonds. The van der Waals surface area contributed by atoms with Crippen LogP contribution in [0.4, 0.5) is 0 Å². The molecule has 0 aliphatic carbocycles. The minimum atomic E-state index is -0.896. The van der Waals surface area contributed by atoms with Gasteiger partial charge in [0.15, 0.2) is 0 Å². The van der Waals surface area contributed by atoms with Crippen molar-refractivity contribution in [2.24, 2.45) is 0 Å². The molecule has 0 unspecified atom stereocenters. The van der Waals surface area contributed by atoms with Crippen LogP contribution in [0.2, 0.25) is 0 Å². The van der Waals surface area contributed by atoms with Gasteiger partial charge >= 0.3 is 5.97 Å². The Kier molecular flexibility index (Phi) is 1.48. The zero-order valence-electron chi connectivity index (χ0n) is 4.61. The second kappa shape index (κ2) is 2.30. The smallest absolute Gasteiger partial charge is 0.325 e. The minimum Gasteiger partial charge on any atom is -0.480 e. The maximum Gasteiger partial charge on any atom is 0.325 e. The molecule has 1 rings (SSSR count). The van der Waals surface area contributed by atoms with Crippen molar-refractivity contribution in [3.05, 3.63) is 18.5 Å². The van der Waals surface area contributed by atoms with Crippen LogP contribution in [0.1, 0.15) is 0 Å². The molecule has 1 heterocycles. The molecular formula is C5H5N2O2. The molecule has 0 spiro atoms.